The van der Waals surface area contributed by atoms with Gasteiger partial charge in [0, 0.05) is 4.88 Å². The Morgan fingerprint density at radius 2 is 2.35 bits per heavy atom. The first-order valence-electron chi connectivity index (χ1n) is 4.85. The molecule has 17 heavy (non-hydrogen) atoms. The zero-order valence-electron chi connectivity index (χ0n) is 9.12. The number of nitrogens with zero attached hydrogens (tertiary/aromatic N) is 2. The zero-order valence-corrected chi connectivity index (χ0v) is 9.94. The molecule has 2 aromatic heterocycles. The lowest BCUT2D eigenvalue weighted by Gasteiger charge is -2.04. The zero-order chi connectivity index (χ0) is 12.1. The van der Waals surface area contributed by atoms with Crippen LogP contribution in [-0.2, 0) is 11.3 Å². The molecule has 0 saturated carbocycles. The number of carbonyl (C=O) groups is 1. The van der Waals surface area contributed by atoms with E-state index in [1.54, 1.807) is 11.3 Å². The van der Waals surface area contributed by atoms with Gasteiger partial charge in [-0.15, -0.1) is 11.3 Å². The predicted molar refractivity (Wildman–Crippen MR) is 62.0 cm³/mol. The molecule has 0 fully saturated rings. The molecule has 5 nitrogen and oxygen atoms in total. The summed E-state index contributed by atoms with van der Waals surface area (Å²) < 4.78 is 9.96. The number of esters is 1. The third kappa shape index (κ3) is 3.01. The lowest BCUT2D eigenvalue weighted by molar-refractivity contribution is 0.0592. The van der Waals surface area contributed by atoms with E-state index in [4.69, 9.17) is 4.74 Å². The van der Waals surface area contributed by atoms with Gasteiger partial charge in [0.05, 0.1) is 19.5 Å². The number of methoxy groups -OCH3 is 1. The Balaban J connectivity index is 2.03. The summed E-state index contributed by atoms with van der Waals surface area (Å²) in [5, 5.41) is 1.97. The first kappa shape index (κ1) is 11.5. The molecule has 2 rings (SSSR count). The standard InChI is InChI=1S/C11H10N2O3S/c1-15-11(14)9-5-12-6-10(13-9)16-7-8-3-2-4-17-8/h2-6H,7H2,1H3. The molecule has 0 unspecified atom stereocenters. The summed E-state index contributed by atoms with van der Waals surface area (Å²) in [6.07, 6.45) is 2.80. The highest BCUT2D eigenvalue weighted by Gasteiger charge is 2.09. The average Bonchev–Trinajstić information content (AvgIpc) is 2.89. The van der Waals surface area contributed by atoms with Crippen LogP contribution in [-0.4, -0.2) is 23.0 Å². The molecule has 88 valence electrons. The third-order valence-corrected chi connectivity index (χ3v) is 2.80. The number of ether oxygens (including phenoxy) is 2. The molecule has 0 radical (unpaired) electrons. The van der Waals surface area contributed by atoms with Crippen LogP contribution in [0.2, 0.25) is 0 Å². The van der Waals surface area contributed by atoms with E-state index >= 15 is 0 Å². The summed E-state index contributed by atoms with van der Waals surface area (Å²) in [6, 6.07) is 3.90. The molecular weight excluding hydrogens is 240 g/mol. The van der Waals surface area contributed by atoms with Gasteiger partial charge in [-0.2, -0.15) is 0 Å². The average molecular weight is 250 g/mol. The Labute approximate surface area is 102 Å². The number of carbonyl (C=O) groups excluding carboxylic acids is 1. The number of aromatic nitrogens is 2. The van der Waals surface area contributed by atoms with Gasteiger partial charge in [0.1, 0.15) is 6.61 Å². The lowest BCUT2D eigenvalue weighted by Crippen LogP contribution is -2.06. The second-order valence-corrected chi connectivity index (χ2v) is 4.13. The first-order chi connectivity index (χ1) is 8.29. The van der Waals surface area contributed by atoms with Crippen LogP contribution < -0.4 is 4.74 Å². The van der Waals surface area contributed by atoms with Gasteiger partial charge >= 0.3 is 5.97 Å². The number of hydrogen-bond donors (Lipinski definition) is 0. The fourth-order valence-electron chi connectivity index (χ4n) is 1.16. The molecule has 0 spiro atoms. The highest BCUT2D eigenvalue weighted by Crippen LogP contribution is 2.13. The Morgan fingerprint density at radius 3 is 3.06 bits per heavy atom. The maximum Gasteiger partial charge on any atom is 0.358 e. The molecule has 0 aliphatic carbocycles. The minimum atomic E-state index is -0.529. The molecule has 0 N–H and O–H groups in total. The van der Waals surface area contributed by atoms with Crippen molar-refractivity contribution in [3.05, 3.63) is 40.5 Å². The van der Waals surface area contributed by atoms with Crippen LogP contribution in [0, 0.1) is 0 Å². The summed E-state index contributed by atoms with van der Waals surface area (Å²) in [4.78, 5) is 20.2. The van der Waals surface area contributed by atoms with E-state index in [0.717, 1.165) is 4.88 Å². The van der Waals surface area contributed by atoms with Gasteiger partial charge in [0.15, 0.2) is 5.69 Å². The van der Waals surface area contributed by atoms with Crippen LogP contribution >= 0.6 is 11.3 Å². The second-order valence-electron chi connectivity index (χ2n) is 3.10. The molecule has 0 aliphatic rings. The fraction of sp³-hybridized carbons (Fsp3) is 0.182. The number of rotatable bonds is 4. The monoisotopic (exact) mass is 250 g/mol. The maximum atomic E-state index is 11.2. The molecule has 0 aromatic carbocycles. The molecule has 0 amide bonds. The van der Waals surface area contributed by atoms with Crippen molar-refractivity contribution in [1.29, 1.82) is 0 Å². The summed E-state index contributed by atoms with van der Waals surface area (Å²) in [6.45, 7) is 0.414. The Morgan fingerprint density at radius 1 is 1.47 bits per heavy atom. The lowest BCUT2D eigenvalue weighted by atomic mass is 10.4. The van der Waals surface area contributed by atoms with Gasteiger partial charge < -0.3 is 9.47 Å². The van der Waals surface area contributed by atoms with Crippen LogP contribution in [0.25, 0.3) is 0 Å². The van der Waals surface area contributed by atoms with Crippen LogP contribution in [0.5, 0.6) is 5.88 Å². The predicted octanol–water partition coefficient (Wildman–Crippen LogP) is 1.90. The van der Waals surface area contributed by atoms with Crippen molar-refractivity contribution in [2.75, 3.05) is 7.11 Å². The molecule has 0 saturated heterocycles. The van der Waals surface area contributed by atoms with Crippen molar-refractivity contribution in [3.63, 3.8) is 0 Å². The first-order valence-corrected chi connectivity index (χ1v) is 5.73. The van der Waals surface area contributed by atoms with Gasteiger partial charge in [-0.05, 0) is 11.4 Å². The molecule has 0 aliphatic heterocycles. The van der Waals surface area contributed by atoms with Crippen molar-refractivity contribution in [2.45, 2.75) is 6.61 Å². The minimum absolute atomic E-state index is 0.135. The Hall–Kier alpha value is -1.95. The van der Waals surface area contributed by atoms with Crippen LogP contribution in [0.4, 0.5) is 0 Å². The number of thiophene rings is 1. The minimum Gasteiger partial charge on any atom is -0.471 e. The molecule has 0 atom stereocenters. The smallest absolute Gasteiger partial charge is 0.358 e. The van der Waals surface area contributed by atoms with E-state index in [1.165, 1.54) is 19.5 Å². The highest BCUT2D eigenvalue weighted by molar-refractivity contribution is 7.09. The topological polar surface area (TPSA) is 61.3 Å². The van der Waals surface area contributed by atoms with Crippen molar-refractivity contribution in [1.82, 2.24) is 9.97 Å². The van der Waals surface area contributed by atoms with Crippen molar-refractivity contribution < 1.29 is 14.3 Å². The summed E-state index contributed by atoms with van der Waals surface area (Å²) >= 11 is 1.59. The van der Waals surface area contributed by atoms with E-state index in [1.807, 2.05) is 17.5 Å². The van der Waals surface area contributed by atoms with Gasteiger partial charge in [-0.3, -0.25) is 4.98 Å². The van der Waals surface area contributed by atoms with Crippen molar-refractivity contribution in [3.8, 4) is 5.88 Å². The van der Waals surface area contributed by atoms with Gasteiger partial charge in [-0.1, -0.05) is 6.07 Å². The van der Waals surface area contributed by atoms with E-state index < -0.39 is 5.97 Å². The van der Waals surface area contributed by atoms with E-state index in [0.29, 0.717) is 12.5 Å². The molecule has 0 bridgehead atoms. The number of hydrogen-bond acceptors (Lipinski definition) is 6. The Bertz CT molecular complexity index is 499. The van der Waals surface area contributed by atoms with E-state index in [-0.39, 0.29) is 5.69 Å². The van der Waals surface area contributed by atoms with Gasteiger partial charge in [0.25, 0.3) is 0 Å². The fourth-order valence-corrected chi connectivity index (χ4v) is 1.78. The van der Waals surface area contributed by atoms with Crippen LogP contribution in [0.3, 0.4) is 0 Å². The largest absolute Gasteiger partial charge is 0.471 e. The summed E-state index contributed by atoms with van der Waals surface area (Å²) in [7, 11) is 1.29. The van der Waals surface area contributed by atoms with Crippen LogP contribution in [0.1, 0.15) is 15.4 Å². The van der Waals surface area contributed by atoms with Crippen molar-refractivity contribution >= 4 is 17.3 Å². The van der Waals surface area contributed by atoms with Gasteiger partial charge in [0.2, 0.25) is 5.88 Å². The summed E-state index contributed by atoms with van der Waals surface area (Å²) in [5.41, 5.74) is 0.135. The third-order valence-electron chi connectivity index (χ3n) is 1.95. The normalized spacial score (nSPS) is 9.94. The van der Waals surface area contributed by atoms with Crippen LogP contribution in [0.15, 0.2) is 29.9 Å². The highest BCUT2D eigenvalue weighted by atomic mass is 32.1. The Kier molecular flexibility index (Phi) is 3.66. The second kappa shape index (κ2) is 5.40. The SMILES string of the molecule is COC(=O)c1cncc(OCc2cccs2)n1. The quantitative estimate of drug-likeness (QED) is 0.775. The van der Waals surface area contributed by atoms with Gasteiger partial charge in [-0.25, -0.2) is 9.78 Å². The van der Waals surface area contributed by atoms with E-state index in [2.05, 4.69) is 14.7 Å². The molecular formula is C11H10N2O3S. The maximum absolute atomic E-state index is 11.2. The summed E-state index contributed by atoms with van der Waals surface area (Å²) in [5.74, 6) is -0.222. The van der Waals surface area contributed by atoms with Crippen molar-refractivity contribution in [2.24, 2.45) is 0 Å². The molecule has 6 heteroatoms. The molecule has 2 aromatic rings. The van der Waals surface area contributed by atoms with E-state index in [9.17, 15) is 4.79 Å². The molecule has 2 heterocycles.